The molecule has 0 aromatic rings. The van der Waals surface area contributed by atoms with Gasteiger partial charge in [0, 0.05) is 41.7 Å². The molecule has 0 aromatic carbocycles. The van der Waals surface area contributed by atoms with Crippen LogP contribution >= 0.6 is 11.8 Å². The normalized spacial score (nSPS) is 25.4. The molecule has 0 saturated heterocycles. The average Bonchev–Trinajstić information content (AvgIpc) is 2.33. The van der Waals surface area contributed by atoms with E-state index in [1.165, 1.54) is 37.9 Å². The van der Waals surface area contributed by atoms with Crippen molar-refractivity contribution in [3.8, 4) is 0 Å². The van der Waals surface area contributed by atoms with Crippen molar-refractivity contribution in [2.24, 2.45) is 10.4 Å². The van der Waals surface area contributed by atoms with E-state index >= 15 is 0 Å². The Morgan fingerprint density at radius 2 is 2.18 bits per heavy atom. The molecule has 0 aromatic heterocycles. The van der Waals surface area contributed by atoms with Crippen LogP contribution in [0.15, 0.2) is 4.99 Å². The molecule has 1 N–H and O–H groups in total. The number of hydrogen-bond donors (Lipinski definition) is 1. The van der Waals surface area contributed by atoms with E-state index < -0.39 is 10.8 Å². The minimum Gasteiger partial charge on any atom is -0.364 e. The maximum Gasteiger partial charge on any atom is 0.156 e. The third-order valence-corrected chi connectivity index (χ3v) is 5.74. The van der Waals surface area contributed by atoms with Crippen LogP contribution in [-0.2, 0) is 10.8 Å². The first-order chi connectivity index (χ1) is 8.20. The molecule has 1 aliphatic heterocycles. The number of thioether (sulfide) groups is 1. The molecule has 3 nitrogen and oxygen atoms in total. The highest BCUT2D eigenvalue weighted by Crippen LogP contribution is 2.41. The summed E-state index contributed by atoms with van der Waals surface area (Å²) in [5.41, 5.74) is 0.502. The molecular formula is C12H22N2OS2. The van der Waals surface area contributed by atoms with Crippen LogP contribution in [0.3, 0.4) is 0 Å². The lowest BCUT2D eigenvalue weighted by molar-refractivity contribution is 0.232. The smallest absolute Gasteiger partial charge is 0.156 e. The van der Waals surface area contributed by atoms with Gasteiger partial charge in [0.1, 0.15) is 0 Å². The van der Waals surface area contributed by atoms with E-state index in [0.29, 0.717) is 11.2 Å². The van der Waals surface area contributed by atoms with E-state index in [2.05, 4.69) is 10.3 Å². The topological polar surface area (TPSA) is 41.5 Å². The lowest BCUT2D eigenvalue weighted by atomic mass is 9.75. The van der Waals surface area contributed by atoms with Gasteiger partial charge in [-0.1, -0.05) is 31.0 Å². The van der Waals surface area contributed by atoms with Gasteiger partial charge in [0.05, 0.1) is 0 Å². The highest BCUT2D eigenvalue weighted by molar-refractivity contribution is 8.13. The van der Waals surface area contributed by atoms with E-state index in [4.69, 9.17) is 0 Å². The lowest BCUT2D eigenvalue weighted by Gasteiger charge is -2.38. The largest absolute Gasteiger partial charge is 0.364 e. The molecule has 1 saturated carbocycles. The minimum atomic E-state index is -0.707. The van der Waals surface area contributed by atoms with Crippen LogP contribution in [0.25, 0.3) is 0 Å². The van der Waals surface area contributed by atoms with Crippen LogP contribution in [0.1, 0.15) is 32.1 Å². The number of amidine groups is 1. The first-order valence-electron chi connectivity index (χ1n) is 6.41. The summed E-state index contributed by atoms with van der Waals surface area (Å²) >= 11 is 1.86. The summed E-state index contributed by atoms with van der Waals surface area (Å²) < 4.78 is 11.0. The number of nitrogens with one attached hydrogen (secondary N) is 1. The van der Waals surface area contributed by atoms with Gasteiger partial charge in [-0.2, -0.15) is 0 Å². The van der Waals surface area contributed by atoms with E-state index in [1.54, 1.807) is 6.26 Å². The van der Waals surface area contributed by atoms with Gasteiger partial charge in [-0.3, -0.25) is 9.20 Å². The SMILES string of the molecule is CS(=O)CCNC1=NCC2(CCCCC2)CS1. The third-order valence-electron chi connectivity index (χ3n) is 3.65. The highest BCUT2D eigenvalue weighted by atomic mass is 32.2. The van der Waals surface area contributed by atoms with Crippen LogP contribution in [-0.4, -0.2) is 40.2 Å². The maximum atomic E-state index is 11.0. The van der Waals surface area contributed by atoms with Gasteiger partial charge in [0.2, 0.25) is 0 Å². The number of nitrogens with zero attached hydrogens (tertiary/aromatic N) is 1. The summed E-state index contributed by atoms with van der Waals surface area (Å²) in [5, 5.41) is 4.36. The zero-order valence-electron chi connectivity index (χ0n) is 10.5. The average molecular weight is 274 g/mol. The zero-order valence-corrected chi connectivity index (χ0v) is 12.2. The van der Waals surface area contributed by atoms with Crippen molar-refractivity contribution in [3.05, 3.63) is 0 Å². The van der Waals surface area contributed by atoms with E-state index in [-0.39, 0.29) is 0 Å². The van der Waals surface area contributed by atoms with Crippen molar-refractivity contribution >= 4 is 27.7 Å². The van der Waals surface area contributed by atoms with Gasteiger partial charge in [-0.25, -0.2) is 0 Å². The fourth-order valence-electron chi connectivity index (χ4n) is 2.57. The molecule has 1 aliphatic carbocycles. The van der Waals surface area contributed by atoms with Gasteiger partial charge in [0.25, 0.3) is 0 Å². The molecule has 0 amide bonds. The van der Waals surface area contributed by atoms with E-state index in [0.717, 1.165) is 18.3 Å². The van der Waals surface area contributed by atoms with Crippen LogP contribution < -0.4 is 5.32 Å². The van der Waals surface area contributed by atoms with Crippen molar-refractivity contribution in [3.63, 3.8) is 0 Å². The third kappa shape index (κ3) is 3.98. The molecular weight excluding hydrogens is 252 g/mol. The molecule has 1 fully saturated rings. The molecule has 1 atom stereocenters. The summed E-state index contributed by atoms with van der Waals surface area (Å²) in [7, 11) is -0.707. The Morgan fingerprint density at radius 3 is 2.76 bits per heavy atom. The van der Waals surface area contributed by atoms with Crippen molar-refractivity contribution in [1.29, 1.82) is 0 Å². The molecule has 2 rings (SSSR count). The molecule has 2 aliphatic rings. The molecule has 0 bridgehead atoms. The van der Waals surface area contributed by atoms with Gasteiger partial charge < -0.3 is 5.32 Å². The van der Waals surface area contributed by atoms with Crippen LogP contribution in [0.4, 0.5) is 0 Å². The zero-order chi connectivity index (χ0) is 12.1. The van der Waals surface area contributed by atoms with Crippen LogP contribution in [0.5, 0.6) is 0 Å². The number of aliphatic imine (C=N–C) groups is 1. The summed E-state index contributed by atoms with van der Waals surface area (Å²) in [6, 6.07) is 0. The Labute approximate surface area is 111 Å². The Morgan fingerprint density at radius 1 is 1.41 bits per heavy atom. The quantitative estimate of drug-likeness (QED) is 0.856. The standard InChI is InChI=1S/C12H22N2OS2/c1-17(15)8-7-13-11-14-9-12(10-16-11)5-3-2-4-6-12/h2-10H2,1H3,(H,13,14). The van der Waals surface area contributed by atoms with Crippen LogP contribution in [0.2, 0.25) is 0 Å². The fourth-order valence-corrected chi connectivity index (χ4v) is 4.14. The Kier molecular flexibility index (Phi) is 4.91. The van der Waals surface area contributed by atoms with Crippen molar-refractivity contribution in [2.75, 3.05) is 30.9 Å². The second-order valence-corrected chi connectivity index (χ2v) is 7.69. The Bertz CT molecular complexity index is 312. The fraction of sp³-hybridized carbons (Fsp3) is 0.917. The van der Waals surface area contributed by atoms with Crippen LogP contribution in [0, 0.1) is 5.41 Å². The summed E-state index contributed by atoms with van der Waals surface area (Å²) in [5.74, 6) is 1.93. The predicted octanol–water partition coefficient (Wildman–Crippen LogP) is 2.01. The van der Waals surface area contributed by atoms with E-state index in [1.807, 2.05) is 11.8 Å². The number of hydrogen-bond acceptors (Lipinski definition) is 4. The summed E-state index contributed by atoms with van der Waals surface area (Å²) in [4.78, 5) is 4.67. The highest BCUT2D eigenvalue weighted by Gasteiger charge is 2.34. The lowest BCUT2D eigenvalue weighted by Crippen LogP contribution is -2.37. The van der Waals surface area contributed by atoms with Crippen molar-refractivity contribution < 1.29 is 4.21 Å². The van der Waals surface area contributed by atoms with E-state index in [9.17, 15) is 4.21 Å². The maximum absolute atomic E-state index is 11.0. The molecule has 1 spiro atoms. The van der Waals surface area contributed by atoms with Gasteiger partial charge in [0.15, 0.2) is 5.17 Å². The van der Waals surface area contributed by atoms with Crippen molar-refractivity contribution in [2.45, 2.75) is 32.1 Å². The summed E-state index contributed by atoms with van der Waals surface area (Å²) in [6.07, 6.45) is 8.63. The molecule has 1 unspecified atom stereocenters. The predicted molar refractivity (Wildman–Crippen MR) is 77.2 cm³/mol. The second kappa shape index (κ2) is 6.23. The Hall–Kier alpha value is -0.0300. The minimum absolute atomic E-state index is 0.502. The summed E-state index contributed by atoms with van der Waals surface area (Å²) in [6.45, 7) is 1.78. The second-order valence-electron chi connectivity index (χ2n) is 5.17. The Balaban J connectivity index is 1.78. The van der Waals surface area contributed by atoms with Crippen molar-refractivity contribution in [1.82, 2.24) is 5.32 Å². The van der Waals surface area contributed by atoms with Gasteiger partial charge in [-0.15, -0.1) is 0 Å². The molecule has 0 radical (unpaired) electrons. The monoisotopic (exact) mass is 274 g/mol. The van der Waals surface area contributed by atoms with Gasteiger partial charge >= 0.3 is 0 Å². The first-order valence-corrected chi connectivity index (χ1v) is 9.13. The first kappa shape index (κ1) is 13.4. The molecule has 5 heteroatoms. The molecule has 98 valence electrons. The van der Waals surface area contributed by atoms with Gasteiger partial charge in [-0.05, 0) is 18.3 Å². The number of rotatable bonds is 3. The molecule has 1 heterocycles. The molecule has 17 heavy (non-hydrogen) atoms.